The summed E-state index contributed by atoms with van der Waals surface area (Å²) in [6.45, 7) is 1.37. The topological polar surface area (TPSA) is 112 Å². The van der Waals surface area contributed by atoms with Crippen LogP contribution in [0.2, 0.25) is 5.02 Å². The summed E-state index contributed by atoms with van der Waals surface area (Å²) in [4.78, 5) is 33.0. The van der Waals surface area contributed by atoms with Gasteiger partial charge >= 0.3 is 0 Å². The maximum Gasteiger partial charge on any atom is 0.284 e. The van der Waals surface area contributed by atoms with Crippen molar-refractivity contribution in [1.29, 1.82) is 0 Å². The SMILES string of the molecule is CN(C)/C=N/S(=O)(=O)c1cc(NC(=O)Cc2ccccc2Cl)ccc1-c1cncc(C(=O)N2CCCC2)c1. The normalized spacial score (nSPS) is 13.6. The van der Waals surface area contributed by atoms with Gasteiger partial charge in [0.2, 0.25) is 5.91 Å². The largest absolute Gasteiger partial charge is 0.368 e. The maximum atomic E-state index is 13.3. The van der Waals surface area contributed by atoms with E-state index in [4.69, 9.17) is 11.6 Å². The third kappa shape index (κ3) is 6.56. The number of hydrogen-bond donors (Lipinski definition) is 1. The van der Waals surface area contributed by atoms with E-state index < -0.39 is 10.0 Å². The summed E-state index contributed by atoms with van der Waals surface area (Å²) in [5, 5.41) is 3.21. The lowest BCUT2D eigenvalue weighted by molar-refractivity contribution is -0.115. The average molecular weight is 554 g/mol. The second-order valence-corrected chi connectivity index (χ2v) is 11.2. The summed E-state index contributed by atoms with van der Waals surface area (Å²) in [5.74, 6) is -0.499. The number of carbonyl (C=O) groups excluding carboxylic acids is 2. The van der Waals surface area contributed by atoms with Crippen LogP contribution >= 0.6 is 11.6 Å². The molecule has 4 rings (SSSR count). The summed E-state index contributed by atoms with van der Waals surface area (Å²) >= 11 is 6.17. The molecule has 2 aromatic carbocycles. The molecule has 0 unspecified atom stereocenters. The standard InChI is InChI=1S/C27H28ClN5O4S/c1-32(2)18-30-38(36,37)25-15-22(31-26(34)14-19-7-3-4-8-24(19)28)9-10-23(25)20-13-21(17-29-16-20)27(35)33-11-5-6-12-33/h3-4,7-10,13,15-18H,5-6,11-12,14H2,1-2H3,(H,31,34)/b30-18+. The van der Waals surface area contributed by atoms with E-state index in [1.165, 1.54) is 29.7 Å². The van der Waals surface area contributed by atoms with E-state index >= 15 is 0 Å². The fraction of sp³-hybridized carbons (Fsp3) is 0.259. The van der Waals surface area contributed by atoms with Crippen LogP contribution in [0.25, 0.3) is 11.1 Å². The zero-order valence-electron chi connectivity index (χ0n) is 21.1. The van der Waals surface area contributed by atoms with Gasteiger partial charge in [-0.2, -0.15) is 8.42 Å². The van der Waals surface area contributed by atoms with Crippen LogP contribution in [0.5, 0.6) is 0 Å². The summed E-state index contributed by atoms with van der Waals surface area (Å²) in [7, 11) is -0.864. The van der Waals surface area contributed by atoms with Gasteiger partial charge in [0.15, 0.2) is 0 Å². The minimum Gasteiger partial charge on any atom is -0.368 e. The van der Waals surface area contributed by atoms with Crippen LogP contribution in [0.1, 0.15) is 28.8 Å². The van der Waals surface area contributed by atoms with Crippen molar-refractivity contribution in [2.45, 2.75) is 24.2 Å². The first-order valence-corrected chi connectivity index (χ1v) is 13.8. The lowest BCUT2D eigenvalue weighted by Gasteiger charge is -2.16. The van der Waals surface area contributed by atoms with Gasteiger partial charge < -0.3 is 15.1 Å². The molecule has 1 N–H and O–H groups in total. The third-order valence-electron chi connectivity index (χ3n) is 5.96. The molecular weight excluding hydrogens is 526 g/mol. The van der Waals surface area contributed by atoms with E-state index in [9.17, 15) is 18.0 Å². The zero-order chi connectivity index (χ0) is 27.3. The molecular formula is C27H28ClN5O4S. The molecule has 198 valence electrons. The molecule has 9 nitrogen and oxygen atoms in total. The van der Waals surface area contributed by atoms with E-state index in [1.807, 2.05) is 0 Å². The Balaban J connectivity index is 1.70. The average Bonchev–Trinajstić information content (AvgIpc) is 3.44. The number of halogens is 1. The molecule has 2 amide bonds. The number of hydrogen-bond acceptors (Lipinski definition) is 5. The molecule has 2 heterocycles. The first-order valence-electron chi connectivity index (χ1n) is 12.0. The summed E-state index contributed by atoms with van der Waals surface area (Å²) in [6.07, 6.45) is 6.09. The van der Waals surface area contributed by atoms with Crippen LogP contribution in [-0.4, -0.2) is 68.5 Å². The Bertz CT molecular complexity index is 1480. The fourth-order valence-corrected chi connectivity index (χ4v) is 5.46. The number of nitrogens with zero attached hydrogens (tertiary/aromatic N) is 4. The molecule has 0 radical (unpaired) electrons. The lowest BCUT2D eigenvalue weighted by atomic mass is 10.0. The highest BCUT2D eigenvalue weighted by molar-refractivity contribution is 7.90. The first kappa shape index (κ1) is 27.3. The maximum absolute atomic E-state index is 13.3. The second-order valence-electron chi connectivity index (χ2n) is 9.15. The molecule has 0 saturated carbocycles. The van der Waals surface area contributed by atoms with E-state index in [1.54, 1.807) is 61.5 Å². The molecule has 1 aliphatic rings. The zero-order valence-corrected chi connectivity index (χ0v) is 22.7. The minimum atomic E-state index is -4.17. The molecule has 0 bridgehead atoms. The van der Waals surface area contributed by atoms with Crippen LogP contribution in [0.15, 0.2) is 70.2 Å². The highest BCUT2D eigenvalue weighted by Crippen LogP contribution is 2.32. The van der Waals surface area contributed by atoms with Gasteiger partial charge in [-0.15, -0.1) is 4.40 Å². The Morgan fingerprint density at radius 3 is 2.55 bits per heavy atom. The summed E-state index contributed by atoms with van der Waals surface area (Å²) in [6, 6.07) is 13.2. The van der Waals surface area contributed by atoms with Crippen molar-refractivity contribution in [3.8, 4) is 11.1 Å². The Kier molecular flexibility index (Phi) is 8.43. The van der Waals surface area contributed by atoms with E-state index in [-0.39, 0.29) is 28.8 Å². The number of anilines is 1. The predicted molar refractivity (Wildman–Crippen MR) is 148 cm³/mol. The van der Waals surface area contributed by atoms with E-state index in [0.717, 1.165) is 12.8 Å². The molecule has 0 aliphatic carbocycles. The third-order valence-corrected chi connectivity index (χ3v) is 7.59. The second kappa shape index (κ2) is 11.7. The van der Waals surface area contributed by atoms with Crippen LogP contribution < -0.4 is 5.32 Å². The number of pyridine rings is 1. The molecule has 0 atom stereocenters. The monoisotopic (exact) mass is 553 g/mol. The van der Waals surface area contributed by atoms with Crippen LogP contribution in [-0.2, 0) is 21.2 Å². The number of aromatic nitrogens is 1. The van der Waals surface area contributed by atoms with Crippen molar-refractivity contribution >= 4 is 45.5 Å². The first-order chi connectivity index (χ1) is 18.1. The lowest BCUT2D eigenvalue weighted by Crippen LogP contribution is -2.27. The van der Waals surface area contributed by atoms with Crippen molar-refractivity contribution in [3.05, 3.63) is 77.1 Å². The molecule has 1 aliphatic heterocycles. The minimum absolute atomic E-state index is 0.0207. The fourth-order valence-electron chi connectivity index (χ4n) is 4.09. The van der Waals surface area contributed by atoms with Gasteiger partial charge in [-0.05, 0) is 42.7 Å². The van der Waals surface area contributed by atoms with Crippen molar-refractivity contribution in [1.82, 2.24) is 14.8 Å². The molecule has 1 saturated heterocycles. The molecule has 38 heavy (non-hydrogen) atoms. The number of benzene rings is 2. The van der Waals surface area contributed by atoms with Gasteiger partial charge in [0.05, 0.1) is 16.9 Å². The van der Waals surface area contributed by atoms with Gasteiger partial charge in [0.1, 0.15) is 6.34 Å². The van der Waals surface area contributed by atoms with Gasteiger partial charge in [-0.1, -0.05) is 35.9 Å². The smallest absolute Gasteiger partial charge is 0.284 e. The molecule has 1 fully saturated rings. The number of amides is 2. The van der Waals surface area contributed by atoms with Crippen LogP contribution in [0, 0.1) is 0 Å². The summed E-state index contributed by atoms with van der Waals surface area (Å²) < 4.78 is 30.3. The molecule has 0 spiro atoms. The van der Waals surface area contributed by atoms with E-state index in [2.05, 4.69) is 14.7 Å². The quantitative estimate of drug-likeness (QED) is 0.332. The van der Waals surface area contributed by atoms with Gasteiger partial charge in [-0.3, -0.25) is 14.6 Å². The van der Waals surface area contributed by atoms with Gasteiger partial charge in [0.25, 0.3) is 15.9 Å². The highest BCUT2D eigenvalue weighted by atomic mass is 35.5. The number of nitrogens with one attached hydrogen (secondary N) is 1. The Morgan fingerprint density at radius 2 is 1.84 bits per heavy atom. The van der Waals surface area contributed by atoms with Gasteiger partial charge in [0, 0.05) is 61.4 Å². The van der Waals surface area contributed by atoms with Crippen molar-refractivity contribution in [2.24, 2.45) is 4.40 Å². The molecule has 1 aromatic heterocycles. The molecule has 3 aromatic rings. The Morgan fingerprint density at radius 1 is 1.11 bits per heavy atom. The molecule has 11 heteroatoms. The Labute approximate surface area is 227 Å². The van der Waals surface area contributed by atoms with Crippen molar-refractivity contribution < 1.29 is 18.0 Å². The Hall–Kier alpha value is -3.76. The predicted octanol–water partition coefficient (Wildman–Crippen LogP) is 4.10. The summed E-state index contributed by atoms with van der Waals surface area (Å²) in [5.41, 5.74) is 2.07. The van der Waals surface area contributed by atoms with Crippen LogP contribution in [0.4, 0.5) is 5.69 Å². The number of rotatable bonds is 8. The highest BCUT2D eigenvalue weighted by Gasteiger charge is 2.23. The number of carbonyl (C=O) groups is 2. The van der Waals surface area contributed by atoms with Crippen molar-refractivity contribution in [2.75, 3.05) is 32.5 Å². The van der Waals surface area contributed by atoms with Crippen molar-refractivity contribution in [3.63, 3.8) is 0 Å². The van der Waals surface area contributed by atoms with Gasteiger partial charge in [-0.25, -0.2) is 0 Å². The van der Waals surface area contributed by atoms with E-state index in [0.29, 0.717) is 40.4 Å². The van der Waals surface area contributed by atoms with Crippen LogP contribution in [0.3, 0.4) is 0 Å². The number of likely N-dealkylation sites (tertiary alicyclic amines) is 1. The number of sulfonamides is 1.